The average molecular weight is 443 g/mol. The molecule has 0 bridgehead atoms. The maximum Gasteiger partial charge on any atom is 0.322 e. The van der Waals surface area contributed by atoms with Crippen LogP contribution in [-0.4, -0.2) is 24.6 Å². The molecule has 4 nitrogen and oxygen atoms in total. The van der Waals surface area contributed by atoms with E-state index in [0.29, 0.717) is 29.6 Å². The van der Waals surface area contributed by atoms with Crippen LogP contribution in [0.2, 0.25) is 10.0 Å². The molecule has 0 saturated carbocycles. The second-order valence-electron chi connectivity index (χ2n) is 7.05. The van der Waals surface area contributed by atoms with Gasteiger partial charge in [-0.15, -0.1) is 0 Å². The van der Waals surface area contributed by atoms with Gasteiger partial charge < -0.3 is 15.0 Å². The monoisotopic (exact) mass is 442 g/mol. The Morgan fingerprint density at radius 3 is 2.47 bits per heavy atom. The van der Waals surface area contributed by atoms with E-state index >= 15 is 0 Å². The fourth-order valence-corrected chi connectivity index (χ4v) is 3.61. The quantitative estimate of drug-likeness (QED) is 0.448. The molecule has 3 rings (SSSR count). The van der Waals surface area contributed by atoms with Crippen LogP contribution < -0.4 is 10.1 Å². The summed E-state index contributed by atoms with van der Waals surface area (Å²) in [5, 5.41) is 4.19. The number of aryl methyl sites for hydroxylation is 1. The Kier molecular flexibility index (Phi) is 7.61. The number of rotatable bonds is 7. The van der Waals surface area contributed by atoms with Crippen molar-refractivity contribution in [2.75, 3.05) is 19.0 Å². The number of benzene rings is 3. The third-order valence-electron chi connectivity index (χ3n) is 4.76. The first-order valence-electron chi connectivity index (χ1n) is 9.64. The first-order chi connectivity index (χ1) is 14.4. The number of hydrogen-bond donors (Lipinski definition) is 1. The van der Waals surface area contributed by atoms with Gasteiger partial charge in [0.15, 0.2) is 0 Å². The summed E-state index contributed by atoms with van der Waals surface area (Å²) in [6.45, 7) is 2.96. The van der Waals surface area contributed by atoms with Crippen molar-refractivity contribution < 1.29 is 9.53 Å². The molecule has 0 aliphatic carbocycles. The molecule has 0 fully saturated rings. The van der Waals surface area contributed by atoms with Crippen LogP contribution in [0, 0.1) is 6.92 Å². The highest BCUT2D eigenvalue weighted by atomic mass is 35.5. The lowest BCUT2D eigenvalue weighted by Crippen LogP contribution is -2.36. The molecule has 3 aromatic rings. The van der Waals surface area contributed by atoms with Crippen molar-refractivity contribution in [3.8, 4) is 5.75 Å². The summed E-state index contributed by atoms with van der Waals surface area (Å²) in [6.07, 6.45) is 0.618. The number of amides is 2. The first-order valence-corrected chi connectivity index (χ1v) is 10.4. The number of methoxy groups -OCH3 is 1. The molecule has 0 unspecified atom stereocenters. The number of carbonyl (C=O) groups excluding carboxylic acids is 1. The summed E-state index contributed by atoms with van der Waals surface area (Å²) in [6, 6.07) is 20.7. The third-order valence-corrected chi connectivity index (χ3v) is 5.34. The summed E-state index contributed by atoms with van der Waals surface area (Å²) in [5.74, 6) is 0.780. The second kappa shape index (κ2) is 10.4. The van der Waals surface area contributed by atoms with Crippen molar-refractivity contribution in [3.05, 3.63) is 93.5 Å². The van der Waals surface area contributed by atoms with E-state index in [1.807, 2.05) is 67.6 Å². The average Bonchev–Trinajstić information content (AvgIpc) is 2.72. The zero-order valence-electron chi connectivity index (χ0n) is 17.0. The Hall–Kier alpha value is -2.69. The van der Waals surface area contributed by atoms with Crippen molar-refractivity contribution in [3.63, 3.8) is 0 Å². The van der Waals surface area contributed by atoms with E-state index in [9.17, 15) is 4.79 Å². The molecule has 6 heteroatoms. The molecule has 3 aromatic carbocycles. The summed E-state index contributed by atoms with van der Waals surface area (Å²) in [7, 11) is 1.63. The fourth-order valence-electron chi connectivity index (χ4n) is 3.11. The molecular weight excluding hydrogens is 419 g/mol. The highest BCUT2D eigenvalue weighted by Gasteiger charge is 2.15. The minimum absolute atomic E-state index is 0.165. The van der Waals surface area contributed by atoms with Crippen LogP contribution in [0.4, 0.5) is 10.5 Å². The van der Waals surface area contributed by atoms with Crippen LogP contribution >= 0.6 is 23.2 Å². The van der Waals surface area contributed by atoms with E-state index in [1.165, 1.54) is 0 Å². The smallest absolute Gasteiger partial charge is 0.322 e. The summed E-state index contributed by atoms with van der Waals surface area (Å²) in [5.41, 5.74) is 3.81. The highest BCUT2D eigenvalue weighted by Crippen LogP contribution is 2.22. The van der Waals surface area contributed by atoms with Crippen molar-refractivity contribution >= 4 is 34.9 Å². The van der Waals surface area contributed by atoms with Crippen LogP contribution in [0.25, 0.3) is 0 Å². The summed E-state index contributed by atoms with van der Waals surface area (Å²) < 4.78 is 5.22. The van der Waals surface area contributed by atoms with Crippen molar-refractivity contribution in [2.24, 2.45) is 0 Å². The van der Waals surface area contributed by atoms with E-state index < -0.39 is 0 Å². The lowest BCUT2D eigenvalue weighted by molar-refractivity contribution is 0.210. The number of ether oxygens (including phenoxy) is 1. The van der Waals surface area contributed by atoms with Gasteiger partial charge >= 0.3 is 6.03 Å². The van der Waals surface area contributed by atoms with Gasteiger partial charge in [-0.05, 0) is 66.4 Å². The van der Waals surface area contributed by atoms with Gasteiger partial charge in [-0.25, -0.2) is 4.79 Å². The largest absolute Gasteiger partial charge is 0.497 e. The molecule has 0 aliphatic heterocycles. The number of urea groups is 1. The Balaban J connectivity index is 1.76. The molecule has 0 radical (unpaired) electrons. The number of hydrogen-bond acceptors (Lipinski definition) is 2. The number of nitrogens with one attached hydrogen (secondary N) is 1. The van der Waals surface area contributed by atoms with Gasteiger partial charge in [-0.1, -0.05) is 53.5 Å². The number of nitrogens with zero attached hydrogens (tertiary/aromatic N) is 1. The lowest BCUT2D eigenvalue weighted by Gasteiger charge is -2.24. The summed E-state index contributed by atoms with van der Waals surface area (Å²) >= 11 is 12.3. The predicted octanol–water partition coefficient (Wildman–Crippen LogP) is 6.59. The molecule has 0 aromatic heterocycles. The normalized spacial score (nSPS) is 10.5. The molecule has 30 heavy (non-hydrogen) atoms. The maximum atomic E-state index is 13.0. The fraction of sp³-hybridized carbons (Fsp3) is 0.208. The van der Waals surface area contributed by atoms with Crippen LogP contribution in [-0.2, 0) is 13.0 Å². The molecular formula is C24H24Cl2N2O2. The Morgan fingerprint density at radius 2 is 1.80 bits per heavy atom. The zero-order chi connectivity index (χ0) is 21.5. The molecule has 2 amide bonds. The molecule has 156 valence electrons. The second-order valence-corrected chi connectivity index (χ2v) is 7.90. The first kappa shape index (κ1) is 22.0. The van der Waals surface area contributed by atoms with Crippen molar-refractivity contribution in [1.29, 1.82) is 0 Å². The Labute approximate surface area is 187 Å². The van der Waals surface area contributed by atoms with E-state index in [4.69, 9.17) is 27.9 Å². The van der Waals surface area contributed by atoms with E-state index in [2.05, 4.69) is 5.32 Å². The Bertz CT molecular complexity index is 1010. The zero-order valence-corrected chi connectivity index (χ0v) is 18.5. The topological polar surface area (TPSA) is 41.6 Å². The van der Waals surface area contributed by atoms with E-state index in [1.54, 1.807) is 18.1 Å². The van der Waals surface area contributed by atoms with Gasteiger partial charge in [0.2, 0.25) is 0 Å². The van der Waals surface area contributed by atoms with Gasteiger partial charge in [-0.3, -0.25) is 0 Å². The molecule has 0 aliphatic rings. The van der Waals surface area contributed by atoms with Crippen molar-refractivity contribution in [2.45, 2.75) is 19.9 Å². The minimum Gasteiger partial charge on any atom is -0.497 e. The molecule has 1 N–H and O–H groups in total. The predicted molar refractivity (Wildman–Crippen MR) is 124 cm³/mol. The van der Waals surface area contributed by atoms with Gasteiger partial charge in [0.25, 0.3) is 0 Å². The molecule has 0 heterocycles. The van der Waals surface area contributed by atoms with Gasteiger partial charge in [-0.2, -0.15) is 0 Å². The molecule has 0 atom stereocenters. The SMILES string of the molecule is COc1ccc(CN(CCc2ccc(Cl)cc2Cl)C(=O)Nc2cccc(C)c2)cc1. The molecule has 0 spiro atoms. The molecule has 0 saturated heterocycles. The number of anilines is 1. The number of carbonyl (C=O) groups is 1. The minimum atomic E-state index is -0.165. The van der Waals surface area contributed by atoms with Crippen LogP contribution in [0.1, 0.15) is 16.7 Å². The van der Waals surface area contributed by atoms with Gasteiger partial charge in [0.1, 0.15) is 5.75 Å². The van der Waals surface area contributed by atoms with Gasteiger partial charge in [0, 0.05) is 28.8 Å². The van der Waals surface area contributed by atoms with E-state index in [0.717, 1.165) is 28.1 Å². The summed E-state index contributed by atoms with van der Waals surface area (Å²) in [4.78, 5) is 14.8. The van der Waals surface area contributed by atoms with Crippen molar-refractivity contribution in [1.82, 2.24) is 4.90 Å². The number of halogens is 2. The Morgan fingerprint density at radius 1 is 1.03 bits per heavy atom. The van der Waals surface area contributed by atoms with E-state index in [-0.39, 0.29) is 6.03 Å². The van der Waals surface area contributed by atoms with Gasteiger partial charge in [0.05, 0.1) is 7.11 Å². The highest BCUT2D eigenvalue weighted by molar-refractivity contribution is 6.35. The van der Waals surface area contributed by atoms with Crippen LogP contribution in [0.5, 0.6) is 5.75 Å². The van der Waals surface area contributed by atoms with Crippen LogP contribution in [0.15, 0.2) is 66.7 Å². The third kappa shape index (κ3) is 6.15. The standard InChI is InChI=1S/C24H24Cl2N2O2/c1-17-4-3-5-21(14-17)27-24(29)28(16-18-6-10-22(30-2)11-7-18)13-12-19-8-9-20(25)15-23(19)26/h3-11,14-15H,12-13,16H2,1-2H3,(H,27,29). The lowest BCUT2D eigenvalue weighted by atomic mass is 10.1. The maximum absolute atomic E-state index is 13.0. The van der Waals surface area contributed by atoms with Crippen LogP contribution in [0.3, 0.4) is 0 Å².